The normalized spacial score (nSPS) is 14.9. The standard InChI is InChI=1S/C14H16F3N/c1-4-6-10(2)18-11(3)12-7-5-8-13(9-12)14(15,16)17/h1,5,7-11,18H,6H2,2-3H3. The van der Waals surface area contributed by atoms with Crippen LogP contribution >= 0.6 is 0 Å². The zero-order valence-corrected chi connectivity index (χ0v) is 10.4. The van der Waals surface area contributed by atoms with Gasteiger partial charge in [0.1, 0.15) is 0 Å². The molecular weight excluding hydrogens is 239 g/mol. The molecule has 18 heavy (non-hydrogen) atoms. The molecule has 0 heterocycles. The maximum atomic E-state index is 12.6. The predicted octanol–water partition coefficient (Wildman–Crippen LogP) is 3.77. The Bertz CT molecular complexity index is 431. The summed E-state index contributed by atoms with van der Waals surface area (Å²) in [5.74, 6) is 2.52. The van der Waals surface area contributed by atoms with Crippen LogP contribution < -0.4 is 5.32 Å². The van der Waals surface area contributed by atoms with Crippen LogP contribution in [0.15, 0.2) is 24.3 Å². The Morgan fingerprint density at radius 1 is 1.33 bits per heavy atom. The molecule has 4 heteroatoms. The zero-order valence-electron chi connectivity index (χ0n) is 10.4. The summed E-state index contributed by atoms with van der Waals surface area (Å²) < 4.78 is 37.7. The number of alkyl halides is 3. The van der Waals surface area contributed by atoms with Gasteiger partial charge in [0.25, 0.3) is 0 Å². The van der Waals surface area contributed by atoms with Crippen LogP contribution in [0, 0.1) is 12.3 Å². The van der Waals surface area contributed by atoms with E-state index in [1.54, 1.807) is 6.07 Å². The van der Waals surface area contributed by atoms with Gasteiger partial charge in [-0.1, -0.05) is 12.1 Å². The second-order valence-electron chi connectivity index (χ2n) is 4.32. The molecule has 0 bridgehead atoms. The second kappa shape index (κ2) is 5.92. The number of terminal acetylenes is 1. The topological polar surface area (TPSA) is 12.0 Å². The van der Waals surface area contributed by atoms with Crippen molar-refractivity contribution in [3.8, 4) is 12.3 Å². The SMILES string of the molecule is C#CCC(C)NC(C)c1cccc(C(F)(F)F)c1. The van der Waals surface area contributed by atoms with Gasteiger partial charge >= 0.3 is 6.18 Å². The van der Waals surface area contributed by atoms with Crippen molar-refractivity contribution in [2.75, 3.05) is 0 Å². The maximum absolute atomic E-state index is 12.6. The van der Waals surface area contributed by atoms with Gasteiger partial charge in [0.15, 0.2) is 0 Å². The van der Waals surface area contributed by atoms with Crippen LogP contribution in [0.5, 0.6) is 0 Å². The monoisotopic (exact) mass is 255 g/mol. The Morgan fingerprint density at radius 2 is 2.00 bits per heavy atom. The molecule has 0 fully saturated rings. The summed E-state index contributed by atoms with van der Waals surface area (Å²) in [6, 6.07) is 5.23. The van der Waals surface area contributed by atoms with Gasteiger partial charge < -0.3 is 5.32 Å². The Kier molecular flexibility index (Phi) is 4.80. The van der Waals surface area contributed by atoms with Crippen LogP contribution in [-0.2, 0) is 6.18 Å². The van der Waals surface area contributed by atoms with Crippen molar-refractivity contribution in [1.82, 2.24) is 5.32 Å². The summed E-state index contributed by atoms with van der Waals surface area (Å²) in [6.45, 7) is 3.73. The summed E-state index contributed by atoms with van der Waals surface area (Å²) in [6.07, 6.45) is 1.43. The van der Waals surface area contributed by atoms with Gasteiger partial charge in [-0.15, -0.1) is 12.3 Å². The zero-order chi connectivity index (χ0) is 13.8. The van der Waals surface area contributed by atoms with Crippen LogP contribution in [-0.4, -0.2) is 6.04 Å². The van der Waals surface area contributed by atoms with Gasteiger partial charge in [-0.05, 0) is 31.5 Å². The minimum Gasteiger partial charge on any atom is -0.307 e. The molecule has 1 aromatic carbocycles. The molecule has 2 unspecified atom stereocenters. The number of hydrogen-bond acceptors (Lipinski definition) is 1. The van der Waals surface area contributed by atoms with E-state index in [2.05, 4.69) is 11.2 Å². The van der Waals surface area contributed by atoms with E-state index in [1.165, 1.54) is 12.1 Å². The van der Waals surface area contributed by atoms with E-state index in [9.17, 15) is 13.2 Å². The Morgan fingerprint density at radius 3 is 2.56 bits per heavy atom. The van der Waals surface area contributed by atoms with Crippen molar-refractivity contribution >= 4 is 0 Å². The first-order valence-corrected chi connectivity index (χ1v) is 5.71. The van der Waals surface area contributed by atoms with E-state index < -0.39 is 11.7 Å². The summed E-state index contributed by atoms with van der Waals surface area (Å²) in [7, 11) is 0. The quantitative estimate of drug-likeness (QED) is 0.808. The molecule has 0 aliphatic rings. The summed E-state index contributed by atoms with van der Waals surface area (Å²) in [5.41, 5.74) is -0.0213. The van der Waals surface area contributed by atoms with Crippen LogP contribution in [0.3, 0.4) is 0 Å². The third kappa shape index (κ3) is 4.08. The number of hydrogen-bond donors (Lipinski definition) is 1. The van der Waals surface area contributed by atoms with Gasteiger partial charge in [0.05, 0.1) is 5.56 Å². The summed E-state index contributed by atoms with van der Waals surface area (Å²) >= 11 is 0. The maximum Gasteiger partial charge on any atom is 0.416 e. The lowest BCUT2D eigenvalue weighted by atomic mass is 10.0. The lowest BCUT2D eigenvalue weighted by Gasteiger charge is -2.19. The first-order valence-electron chi connectivity index (χ1n) is 5.71. The molecule has 1 N–H and O–H groups in total. The van der Waals surface area contributed by atoms with Crippen molar-refractivity contribution in [1.29, 1.82) is 0 Å². The fourth-order valence-electron chi connectivity index (χ4n) is 1.74. The molecular formula is C14H16F3N. The number of halogens is 3. The predicted molar refractivity (Wildman–Crippen MR) is 65.9 cm³/mol. The molecule has 0 aliphatic heterocycles. The van der Waals surface area contributed by atoms with Crippen LogP contribution in [0.1, 0.15) is 37.4 Å². The number of rotatable bonds is 4. The molecule has 0 amide bonds. The molecule has 1 nitrogen and oxygen atoms in total. The first kappa shape index (κ1) is 14.6. The molecule has 0 aromatic heterocycles. The molecule has 0 aliphatic carbocycles. The second-order valence-corrected chi connectivity index (χ2v) is 4.32. The molecule has 98 valence electrons. The highest BCUT2D eigenvalue weighted by Gasteiger charge is 2.30. The highest BCUT2D eigenvalue weighted by Crippen LogP contribution is 2.30. The molecule has 2 atom stereocenters. The Hall–Kier alpha value is -1.47. The van der Waals surface area contributed by atoms with Gasteiger partial charge in [-0.3, -0.25) is 0 Å². The van der Waals surface area contributed by atoms with Gasteiger partial charge in [0, 0.05) is 18.5 Å². The third-order valence-electron chi connectivity index (χ3n) is 2.67. The van der Waals surface area contributed by atoms with Gasteiger partial charge in [-0.2, -0.15) is 13.2 Å². The lowest BCUT2D eigenvalue weighted by Crippen LogP contribution is -2.28. The van der Waals surface area contributed by atoms with E-state index in [0.29, 0.717) is 12.0 Å². The van der Waals surface area contributed by atoms with Gasteiger partial charge in [-0.25, -0.2) is 0 Å². The van der Waals surface area contributed by atoms with Crippen LogP contribution in [0.25, 0.3) is 0 Å². The minimum absolute atomic E-state index is 0.0690. The lowest BCUT2D eigenvalue weighted by molar-refractivity contribution is -0.137. The fraction of sp³-hybridized carbons (Fsp3) is 0.429. The molecule has 0 spiro atoms. The highest BCUT2D eigenvalue weighted by atomic mass is 19.4. The van der Waals surface area contributed by atoms with Crippen LogP contribution in [0.2, 0.25) is 0 Å². The molecule has 0 saturated heterocycles. The summed E-state index contributed by atoms with van der Waals surface area (Å²) in [5, 5.41) is 3.17. The third-order valence-corrected chi connectivity index (χ3v) is 2.67. The van der Waals surface area contributed by atoms with E-state index >= 15 is 0 Å². The first-order chi connectivity index (χ1) is 8.34. The van der Waals surface area contributed by atoms with E-state index in [4.69, 9.17) is 6.42 Å². The Labute approximate surface area is 105 Å². The average molecular weight is 255 g/mol. The minimum atomic E-state index is -4.31. The Balaban J connectivity index is 2.81. The largest absolute Gasteiger partial charge is 0.416 e. The number of nitrogens with one attached hydrogen (secondary N) is 1. The molecule has 0 radical (unpaired) electrons. The number of benzene rings is 1. The van der Waals surface area contributed by atoms with Crippen LogP contribution in [0.4, 0.5) is 13.2 Å². The van der Waals surface area contributed by atoms with Crippen molar-refractivity contribution in [3.63, 3.8) is 0 Å². The van der Waals surface area contributed by atoms with E-state index in [0.717, 1.165) is 6.07 Å². The smallest absolute Gasteiger partial charge is 0.307 e. The van der Waals surface area contributed by atoms with Crippen molar-refractivity contribution in [2.45, 2.75) is 38.5 Å². The molecule has 1 aromatic rings. The summed E-state index contributed by atoms with van der Waals surface area (Å²) in [4.78, 5) is 0. The van der Waals surface area contributed by atoms with Crippen molar-refractivity contribution in [3.05, 3.63) is 35.4 Å². The molecule has 0 saturated carbocycles. The van der Waals surface area contributed by atoms with Crippen molar-refractivity contribution in [2.24, 2.45) is 0 Å². The molecule has 1 rings (SSSR count). The average Bonchev–Trinajstić information content (AvgIpc) is 2.28. The van der Waals surface area contributed by atoms with Crippen molar-refractivity contribution < 1.29 is 13.2 Å². The van der Waals surface area contributed by atoms with Gasteiger partial charge in [0.2, 0.25) is 0 Å². The highest BCUT2D eigenvalue weighted by molar-refractivity contribution is 5.27. The fourth-order valence-corrected chi connectivity index (χ4v) is 1.74. The van der Waals surface area contributed by atoms with E-state index in [1.807, 2.05) is 13.8 Å². The van der Waals surface area contributed by atoms with E-state index in [-0.39, 0.29) is 12.1 Å².